The first-order valence-electron chi connectivity index (χ1n) is 5.76. The van der Waals surface area contributed by atoms with Gasteiger partial charge in [-0.2, -0.15) is 0 Å². The third kappa shape index (κ3) is 12.0. The van der Waals surface area contributed by atoms with Gasteiger partial charge in [-0.25, -0.2) is 13.1 Å². The van der Waals surface area contributed by atoms with Crippen molar-refractivity contribution in [3.05, 3.63) is 0 Å². The van der Waals surface area contributed by atoms with Crippen LogP contribution in [0.4, 0.5) is 0 Å². The minimum atomic E-state index is -3.22. The Morgan fingerprint density at radius 2 is 1.82 bits per heavy atom. The highest BCUT2D eigenvalue weighted by Gasteiger charge is 2.09. The zero-order valence-electron chi connectivity index (χ0n) is 10.9. The summed E-state index contributed by atoms with van der Waals surface area (Å²) >= 11 is 0. The molecule has 0 unspecified atom stereocenters. The molecule has 0 aliphatic carbocycles. The van der Waals surface area contributed by atoms with Gasteiger partial charge in [0.2, 0.25) is 10.0 Å². The summed E-state index contributed by atoms with van der Waals surface area (Å²) in [4.78, 5) is 0. The maximum Gasteiger partial charge on any atom is 0.213 e. The Morgan fingerprint density at radius 3 is 2.41 bits per heavy atom. The molecule has 0 rings (SSSR count). The first kappa shape index (κ1) is 16.8. The Kier molecular flexibility index (Phi) is 9.66. The van der Waals surface area contributed by atoms with Crippen molar-refractivity contribution in [1.82, 2.24) is 10.0 Å². The molecule has 2 N–H and O–H groups in total. The SMILES string of the molecule is COCCNCCNS(=O)(=O)CCOC(C)C. The van der Waals surface area contributed by atoms with E-state index in [2.05, 4.69) is 10.0 Å². The molecule has 0 aromatic rings. The Labute approximate surface area is 104 Å². The molecule has 0 heterocycles. The molecule has 0 aromatic carbocycles. The van der Waals surface area contributed by atoms with Crippen molar-refractivity contribution >= 4 is 10.0 Å². The number of hydrogen-bond donors (Lipinski definition) is 2. The molecule has 104 valence electrons. The van der Waals surface area contributed by atoms with E-state index in [1.54, 1.807) is 7.11 Å². The molecule has 0 radical (unpaired) electrons. The lowest BCUT2D eigenvalue weighted by Crippen LogP contribution is -2.35. The van der Waals surface area contributed by atoms with Gasteiger partial charge in [0.25, 0.3) is 0 Å². The Balaban J connectivity index is 3.51. The molecule has 7 heteroatoms. The lowest BCUT2D eigenvalue weighted by atomic mass is 10.5. The average molecular weight is 268 g/mol. The number of rotatable bonds is 11. The van der Waals surface area contributed by atoms with Gasteiger partial charge in [0.05, 0.1) is 25.1 Å². The van der Waals surface area contributed by atoms with Crippen molar-refractivity contribution < 1.29 is 17.9 Å². The summed E-state index contributed by atoms with van der Waals surface area (Å²) in [6.07, 6.45) is 0.0564. The second-order valence-corrected chi connectivity index (χ2v) is 5.80. The Morgan fingerprint density at radius 1 is 1.12 bits per heavy atom. The maximum atomic E-state index is 11.5. The number of methoxy groups -OCH3 is 1. The normalized spacial score (nSPS) is 12.2. The van der Waals surface area contributed by atoms with Crippen molar-refractivity contribution in [2.24, 2.45) is 0 Å². The quantitative estimate of drug-likeness (QED) is 0.497. The topological polar surface area (TPSA) is 76.7 Å². The summed E-state index contributed by atoms with van der Waals surface area (Å²) in [7, 11) is -1.59. The summed E-state index contributed by atoms with van der Waals surface area (Å²) in [5, 5.41) is 3.05. The van der Waals surface area contributed by atoms with Crippen molar-refractivity contribution in [1.29, 1.82) is 0 Å². The van der Waals surface area contributed by atoms with Gasteiger partial charge < -0.3 is 14.8 Å². The third-order valence-electron chi connectivity index (χ3n) is 1.91. The van der Waals surface area contributed by atoms with Gasteiger partial charge in [-0.3, -0.25) is 0 Å². The highest BCUT2D eigenvalue weighted by atomic mass is 32.2. The van der Waals surface area contributed by atoms with Crippen LogP contribution in [0.5, 0.6) is 0 Å². The van der Waals surface area contributed by atoms with Crippen LogP contribution in [0.25, 0.3) is 0 Å². The van der Waals surface area contributed by atoms with E-state index in [1.807, 2.05) is 13.8 Å². The van der Waals surface area contributed by atoms with E-state index in [0.717, 1.165) is 0 Å². The van der Waals surface area contributed by atoms with Gasteiger partial charge in [-0.1, -0.05) is 0 Å². The highest BCUT2D eigenvalue weighted by molar-refractivity contribution is 7.89. The molecule has 0 aliphatic heterocycles. The van der Waals surface area contributed by atoms with Gasteiger partial charge in [-0.05, 0) is 13.8 Å². The number of hydrogen-bond acceptors (Lipinski definition) is 5. The summed E-state index contributed by atoms with van der Waals surface area (Å²) in [5.41, 5.74) is 0. The van der Waals surface area contributed by atoms with Crippen LogP contribution in [0.3, 0.4) is 0 Å². The molecule has 0 bridgehead atoms. The van der Waals surface area contributed by atoms with Crippen LogP contribution in [0.1, 0.15) is 13.8 Å². The van der Waals surface area contributed by atoms with E-state index in [9.17, 15) is 8.42 Å². The van der Waals surface area contributed by atoms with Gasteiger partial charge in [0.1, 0.15) is 0 Å². The summed E-state index contributed by atoms with van der Waals surface area (Å²) in [6, 6.07) is 0. The van der Waals surface area contributed by atoms with Gasteiger partial charge in [-0.15, -0.1) is 0 Å². The van der Waals surface area contributed by atoms with Crippen LogP contribution in [-0.2, 0) is 19.5 Å². The predicted molar refractivity (Wildman–Crippen MR) is 67.6 cm³/mol. The molecule has 0 aromatic heterocycles. The molecule has 17 heavy (non-hydrogen) atoms. The third-order valence-corrected chi connectivity index (χ3v) is 3.26. The van der Waals surface area contributed by atoms with E-state index < -0.39 is 10.0 Å². The fraction of sp³-hybridized carbons (Fsp3) is 1.00. The van der Waals surface area contributed by atoms with Crippen molar-refractivity contribution in [3.63, 3.8) is 0 Å². The van der Waals surface area contributed by atoms with Crippen molar-refractivity contribution in [3.8, 4) is 0 Å². The van der Waals surface area contributed by atoms with E-state index in [4.69, 9.17) is 9.47 Å². The average Bonchev–Trinajstić information content (AvgIpc) is 2.22. The molecular formula is C10H24N2O4S. The molecule has 0 atom stereocenters. The largest absolute Gasteiger partial charge is 0.383 e. The van der Waals surface area contributed by atoms with E-state index in [0.29, 0.717) is 26.2 Å². The molecule has 0 saturated heterocycles. The molecule has 6 nitrogen and oxygen atoms in total. The predicted octanol–water partition coefficient (Wildman–Crippen LogP) is -0.433. The first-order chi connectivity index (χ1) is 7.98. The molecule has 0 saturated carbocycles. The van der Waals surface area contributed by atoms with Crippen LogP contribution in [-0.4, -0.2) is 60.2 Å². The van der Waals surface area contributed by atoms with Gasteiger partial charge in [0, 0.05) is 26.7 Å². The van der Waals surface area contributed by atoms with Crippen LogP contribution in [0.2, 0.25) is 0 Å². The Bertz CT molecular complexity index is 267. The van der Waals surface area contributed by atoms with Crippen LogP contribution >= 0.6 is 0 Å². The standard InChI is InChI=1S/C10H24N2O4S/c1-10(2)16-8-9-17(13,14)12-5-4-11-6-7-15-3/h10-12H,4-9H2,1-3H3. The van der Waals surface area contributed by atoms with Crippen LogP contribution in [0.15, 0.2) is 0 Å². The summed E-state index contributed by atoms with van der Waals surface area (Å²) in [5.74, 6) is 0.00323. The second kappa shape index (κ2) is 9.78. The highest BCUT2D eigenvalue weighted by Crippen LogP contribution is 1.90. The van der Waals surface area contributed by atoms with Crippen molar-refractivity contribution in [2.45, 2.75) is 20.0 Å². The number of ether oxygens (including phenoxy) is 2. The zero-order chi connectivity index (χ0) is 13.1. The van der Waals surface area contributed by atoms with Gasteiger partial charge >= 0.3 is 0 Å². The molecular weight excluding hydrogens is 244 g/mol. The molecule has 0 fully saturated rings. The fourth-order valence-electron chi connectivity index (χ4n) is 1.06. The van der Waals surface area contributed by atoms with E-state index in [1.165, 1.54) is 0 Å². The number of nitrogens with one attached hydrogen (secondary N) is 2. The van der Waals surface area contributed by atoms with E-state index in [-0.39, 0.29) is 18.5 Å². The Hall–Kier alpha value is -0.210. The fourth-order valence-corrected chi connectivity index (χ4v) is 1.93. The van der Waals surface area contributed by atoms with Crippen LogP contribution < -0.4 is 10.0 Å². The summed E-state index contributed by atoms with van der Waals surface area (Å²) in [6.45, 7) is 6.29. The molecule has 0 amide bonds. The zero-order valence-corrected chi connectivity index (χ0v) is 11.7. The minimum absolute atomic E-state index is 0.00323. The maximum absolute atomic E-state index is 11.5. The minimum Gasteiger partial charge on any atom is -0.383 e. The second-order valence-electron chi connectivity index (χ2n) is 3.88. The molecule has 0 spiro atoms. The lowest BCUT2D eigenvalue weighted by molar-refractivity contribution is 0.0911. The van der Waals surface area contributed by atoms with Crippen molar-refractivity contribution in [2.75, 3.05) is 45.7 Å². The monoisotopic (exact) mass is 268 g/mol. The smallest absolute Gasteiger partial charge is 0.213 e. The summed E-state index contributed by atoms with van der Waals surface area (Å²) < 4.78 is 35.4. The van der Waals surface area contributed by atoms with Crippen LogP contribution in [0, 0.1) is 0 Å². The van der Waals surface area contributed by atoms with Gasteiger partial charge in [0.15, 0.2) is 0 Å². The number of sulfonamides is 1. The van der Waals surface area contributed by atoms with E-state index >= 15 is 0 Å². The molecule has 0 aliphatic rings. The first-order valence-corrected chi connectivity index (χ1v) is 7.42. The lowest BCUT2D eigenvalue weighted by Gasteiger charge is -2.09.